The van der Waals surface area contributed by atoms with Crippen LogP contribution in [0, 0.1) is 4.51 Å². The summed E-state index contributed by atoms with van der Waals surface area (Å²) in [6.07, 6.45) is 1.74. The number of anilines is 1. The number of methoxy groups -OCH3 is 1. The Kier molecular flexibility index (Phi) is 4.01. The standard InChI is InChI=1S/C14H15ClN2OS/c1-17(14-13(15)12(19)7-8-16-14)9-10-3-5-11(18-2)6-4-10/h3-8H,9H2,1-2H3,(H,16,19)/i1D. The first-order chi connectivity index (χ1) is 9.65. The lowest BCUT2D eigenvalue weighted by molar-refractivity contribution is 0.414. The van der Waals surface area contributed by atoms with Crippen LogP contribution in [0.4, 0.5) is 5.82 Å². The molecule has 0 unspecified atom stereocenters. The zero-order valence-electron chi connectivity index (χ0n) is 11.5. The summed E-state index contributed by atoms with van der Waals surface area (Å²) in [7, 11) is 1.72. The molecule has 1 heterocycles. The molecule has 0 fully saturated rings. The van der Waals surface area contributed by atoms with E-state index in [0.29, 0.717) is 21.9 Å². The second-order valence-corrected chi connectivity index (χ2v) is 4.87. The molecule has 0 radical (unpaired) electrons. The summed E-state index contributed by atoms with van der Waals surface area (Å²) in [5, 5.41) is 0.475. The number of nitrogens with zero attached hydrogens (tertiary/aromatic N) is 1. The molecule has 19 heavy (non-hydrogen) atoms. The van der Waals surface area contributed by atoms with Crippen LogP contribution in [0.3, 0.4) is 0 Å². The number of nitrogens with one attached hydrogen (secondary N) is 1. The van der Waals surface area contributed by atoms with Crippen molar-refractivity contribution in [1.82, 2.24) is 4.98 Å². The molecule has 0 aliphatic rings. The highest BCUT2D eigenvalue weighted by atomic mass is 35.5. The zero-order valence-corrected chi connectivity index (χ0v) is 12.1. The molecule has 0 atom stereocenters. The van der Waals surface area contributed by atoms with Gasteiger partial charge in [0.05, 0.1) is 16.6 Å². The molecule has 0 aliphatic carbocycles. The molecule has 3 nitrogen and oxygen atoms in total. The third-order valence-electron chi connectivity index (χ3n) is 2.73. The van der Waals surface area contributed by atoms with Gasteiger partial charge in [0.15, 0.2) is 0 Å². The van der Waals surface area contributed by atoms with Crippen molar-refractivity contribution < 1.29 is 6.11 Å². The number of aromatic amines is 1. The molecule has 2 aromatic rings. The molecule has 1 N–H and O–H groups in total. The van der Waals surface area contributed by atoms with Gasteiger partial charge in [-0.1, -0.05) is 36.0 Å². The largest absolute Gasteiger partial charge is 0.497 e. The summed E-state index contributed by atoms with van der Waals surface area (Å²) in [6, 6.07) is 9.45. The van der Waals surface area contributed by atoms with Gasteiger partial charge in [-0.2, -0.15) is 0 Å². The predicted octanol–water partition coefficient (Wildman–Crippen LogP) is 4.04. The molecule has 1 aromatic heterocycles. The van der Waals surface area contributed by atoms with Gasteiger partial charge in [-0.3, -0.25) is 0 Å². The van der Waals surface area contributed by atoms with Crippen molar-refractivity contribution in [2.75, 3.05) is 19.0 Å². The highest BCUT2D eigenvalue weighted by molar-refractivity contribution is 7.71. The Balaban J connectivity index is 2.24. The number of pyridine rings is 1. The van der Waals surface area contributed by atoms with Crippen molar-refractivity contribution in [3.05, 3.63) is 51.6 Å². The van der Waals surface area contributed by atoms with Gasteiger partial charge in [-0.15, -0.1) is 0 Å². The summed E-state index contributed by atoms with van der Waals surface area (Å²) in [6.45, 7) is 0.572. The topological polar surface area (TPSA) is 28.3 Å². The van der Waals surface area contributed by atoms with E-state index in [9.17, 15) is 0 Å². The molecule has 0 bridgehead atoms. The lowest BCUT2D eigenvalue weighted by atomic mass is 10.2. The fourth-order valence-electron chi connectivity index (χ4n) is 1.71. The molecule has 5 heteroatoms. The SMILES string of the molecule is [2H]CN(Cc1ccc(OC)cc1)c1[nH]ccc(=S)c1Cl. The third kappa shape index (κ3) is 3.28. The van der Waals surface area contributed by atoms with Crippen LogP contribution in [0.5, 0.6) is 5.75 Å². The van der Waals surface area contributed by atoms with Gasteiger partial charge in [0, 0.05) is 21.1 Å². The smallest absolute Gasteiger partial charge is 0.126 e. The van der Waals surface area contributed by atoms with E-state index in [0.717, 1.165) is 11.3 Å². The minimum atomic E-state index is 0.0844. The number of aromatic nitrogens is 1. The van der Waals surface area contributed by atoms with E-state index in [4.69, 9.17) is 29.9 Å². The van der Waals surface area contributed by atoms with Crippen LogP contribution in [0.25, 0.3) is 0 Å². The quantitative estimate of drug-likeness (QED) is 0.863. The summed E-state index contributed by atoms with van der Waals surface area (Å²) >= 11 is 11.3. The Labute approximate surface area is 124 Å². The second-order valence-electron chi connectivity index (χ2n) is 4.05. The highest BCUT2D eigenvalue weighted by Crippen LogP contribution is 2.24. The number of ether oxygens (including phenoxy) is 1. The Morgan fingerprint density at radius 1 is 1.37 bits per heavy atom. The van der Waals surface area contributed by atoms with Gasteiger partial charge in [0.1, 0.15) is 11.6 Å². The van der Waals surface area contributed by atoms with Crippen LogP contribution in [-0.4, -0.2) is 19.1 Å². The van der Waals surface area contributed by atoms with E-state index >= 15 is 0 Å². The van der Waals surface area contributed by atoms with E-state index in [-0.39, 0.29) is 7.02 Å². The lowest BCUT2D eigenvalue weighted by Gasteiger charge is -2.20. The van der Waals surface area contributed by atoms with Crippen molar-refractivity contribution in [1.29, 1.82) is 0 Å². The Hall–Kier alpha value is -1.52. The van der Waals surface area contributed by atoms with Crippen molar-refractivity contribution in [2.24, 2.45) is 0 Å². The van der Waals surface area contributed by atoms with Crippen molar-refractivity contribution in [2.45, 2.75) is 6.54 Å². The number of hydrogen-bond acceptors (Lipinski definition) is 3. The van der Waals surface area contributed by atoms with Gasteiger partial charge in [0.2, 0.25) is 0 Å². The molecular formula is C14H15ClN2OS. The van der Waals surface area contributed by atoms with Gasteiger partial charge in [-0.05, 0) is 23.8 Å². The average Bonchev–Trinajstić information content (AvgIpc) is 2.48. The van der Waals surface area contributed by atoms with Crippen molar-refractivity contribution in [3.63, 3.8) is 0 Å². The Morgan fingerprint density at radius 2 is 2.11 bits per heavy atom. The van der Waals surface area contributed by atoms with Gasteiger partial charge in [-0.25, -0.2) is 0 Å². The maximum absolute atomic E-state index is 7.68. The molecule has 2 rings (SSSR count). The predicted molar refractivity (Wildman–Crippen MR) is 81.7 cm³/mol. The van der Waals surface area contributed by atoms with E-state index in [2.05, 4.69) is 4.98 Å². The molecule has 1 aromatic carbocycles. The van der Waals surface area contributed by atoms with Crippen LogP contribution >= 0.6 is 23.8 Å². The van der Waals surface area contributed by atoms with Crippen LogP contribution in [-0.2, 0) is 6.54 Å². The first-order valence-electron chi connectivity index (χ1n) is 6.40. The number of rotatable bonds is 4. The zero-order chi connectivity index (χ0) is 14.5. The Morgan fingerprint density at radius 3 is 2.74 bits per heavy atom. The molecule has 100 valence electrons. The first kappa shape index (κ1) is 12.5. The summed E-state index contributed by atoms with van der Waals surface area (Å²) in [5.74, 6) is 1.48. The minimum absolute atomic E-state index is 0.0844. The normalized spacial score (nSPS) is 10.9. The summed E-state index contributed by atoms with van der Waals surface area (Å²) < 4.78 is 13.4. The summed E-state index contributed by atoms with van der Waals surface area (Å²) in [4.78, 5) is 4.87. The maximum atomic E-state index is 7.68. The monoisotopic (exact) mass is 295 g/mol. The molecule has 0 amide bonds. The van der Waals surface area contributed by atoms with E-state index in [1.807, 2.05) is 29.2 Å². The molecule has 0 aliphatic heterocycles. The van der Waals surface area contributed by atoms with Gasteiger partial charge < -0.3 is 14.6 Å². The molecule has 0 saturated heterocycles. The number of benzene rings is 1. The van der Waals surface area contributed by atoms with E-state index in [1.54, 1.807) is 19.4 Å². The van der Waals surface area contributed by atoms with Crippen LogP contribution in [0.2, 0.25) is 5.02 Å². The number of hydrogen-bond donors (Lipinski definition) is 1. The van der Waals surface area contributed by atoms with Crippen molar-refractivity contribution in [3.8, 4) is 5.75 Å². The molecular weight excluding hydrogens is 280 g/mol. The molecule has 0 spiro atoms. The fraction of sp³-hybridized carbons (Fsp3) is 0.214. The van der Waals surface area contributed by atoms with Gasteiger partial charge in [0.25, 0.3) is 0 Å². The van der Waals surface area contributed by atoms with Crippen LogP contribution < -0.4 is 9.64 Å². The molecule has 0 saturated carbocycles. The fourth-order valence-corrected chi connectivity index (χ4v) is 2.11. The lowest BCUT2D eigenvalue weighted by Crippen LogP contribution is -2.18. The minimum Gasteiger partial charge on any atom is -0.497 e. The maximum Gasteiger partial charge on any atom is 0.126 e. The first-order valence-corrected chi connectivity index (χ1v) is 6.48. The summed E-state index contributed by atoms with van der Waals surface area (Å²) in [5.41, 5.74) is 1.07. The van der Waals surface area contributed by atoms with Crippen LogP contribution in [0.1, 0.15) is 6.93 Å². The third-order valence-corrected chi connectivity index (χ3v) is 3.56. The second kappa shape index (κ2) is 6.08. The average molecular weight is 296 g/mol. The Bertz CT molecular complexity index is 630. The number of halogens is 1. The number of H-pyrrole nitrogens is 1. The van der Waals surface area contributed by atoms with E-state index < -0.39 is 0 Å². The van der Waals surface area contributed by atoms with Gasteiger partial charge >= 0.3 is 0 Å². The highest BCUT2D eigenvalue weighted by Gasteiger charge is 2.08. The van der Waals surface area contributed by atoms with Crippen molar-refractivity contribution >= 4 is 29.6 Å². The van der Waals surface area contributed by atoms with E-state index in [1.165, 1.54) is 0 Å². The van der Waals surface area contributed by atoms with Crippen LogP contribution in [0.15, 0.2) is 36.5 Å².